The highest BCUT2D eigenvalue weighted by atomic mass is 19.1. The molecule has 194 valence electrons. The first-order chi connectivity index (χ1) is 18.4. The van der Waals surface area contributed by atoms with E-state index in [1.165, 1.54) is 36.5 Å². The molecule has 0 aliphatic carbocycles. The summed E-state index contributed by atoms with van der Waals surface area (Å²) in [5.41, 5.74) is 1.10. The number of carbonyl (C=O) groups is 4. The smallest absolute Gasteiger partial charge is 0.392 e. The van der Waals surface area contributed by atoms with Gasteiger partial charge < -0.3 is 29.8 Å². The normalized spacial score (nSPS) is 13.4. The van der Waals surface area contributed by atoms with Gasteiger partial charge in [-0.2, -0.15) is 0 Å². The van der Waals surface area contributed by atoms with Crippen molar-refractivity contribution in [2.45, 2.75) is 0 Å². The number of benzene rings is 2. The van der Waals surface area contributed by atoms with Crippen LogP contribution in [-0.4, -0.2) is 81.7 Å². The number of hydrogen-bond acceptors (Lipinski definition) is 6. The lowest BCUT2D eigenvalue weighted by Gasteiger charge is -2.34. The second-order valence-corrected chi connectivity index (χ2v) is 8.56. The minimum absolute atomic E-state index is 0.0519. The second kappa shape index (κ2) is 10.2. The number of rotatable bonds is 5. The SMILES string of the molecule is CNC(=O)Oc1cnc(-c2ccc(F)c3c(C(=O)C(=O)N4CCN(C(=O)c5ccccc5)CC4)c[nH]c23)[nH]1. The van der Waals surface area contributed by atoms with Crippen LogP contribution < -0.4 is 10.1 Å². The lowest BCUT2D eigenvalue weighted by molar-refractivity contribution is -0.127. The van der Waals surface area contributed by atoms with Gasteiger partial charge in [0.25, 0.3) is 17.6 Å². The van der Waals surface area contributed by atoms with E-state index in [2.05, 4.69) is 20.3 Å². The van der Waals surface area contributed by atoms with Crippen LogP contribution in [0.3, 0.4) is 0 Å². The van der Waals surface area contributed by atoms with Crippen molar-refractivity contribution < 1.29 is 28.3 Å². The zero-order valence-electron chi connectivity index (χ0n) is 20.3. The molecule has 3 amide bonds. The number of aromatic nitrogens is 3. The molecular weight excluding hydrogens is 495 g/mol. The third-order valence-electron chi connectivity index (χ3n) is 6.31. The summed E-state index contributed by atoms with van der Waals surface area (Å²) >= 11 is 0. The number of H-pyrrole nitrogens is 2. The highest BCUT2D eigenvalue weighted by Gasteiger charge is 2.31. The lowest BCUT2D eigenvalue weighted by Crippen LogP contribution is -2.52. The molecule has 0 spiro atoms. The molecule has 3 heterocycles. The summed E-state index contributed by atoms with van der Waals surface area (Å²) in [6.07, 6.45) is 1.89. The van der Waals surface area contributed by atoms with E-state index in [0.717, 1.165) is 0 Å². The summed E-state index contributed by atoms with van der Waals surface area (Å²) in [5, 5.41) is 2.26. The number of hydrogen-bond donors (Lipinski definition) is 3. The molecule has 1 saturated heterocycles. The first kappa shape index (κ1) is 24.7. The Bertz CT molecular complexity index is 1540. The van der Waals surface area contributed by atoms with Gasteiger partial charge in [-0.05, 0) is 24.3 Å². The molecule has 0 saturated carbocycles. The molecule has 1 aliphatic rings. The van der Waals surface area contributed by atoms with Gasteiger partial charge in [0.15, 0.2) is 0 Å². The van der Waals surface area contributed by atoms with Crippen molar-refractivity contribution in [1.29, 1.82) is 0 Å². The second-order valence-electron chi connectivity index (χ2n) is 8.56. The summed E-state index contributed by atoms with van der Waals surface area (Å²) in [4.78, 5) is 63.2. The molecule has 12 heteroatoms. The van der Waals surface area contributed by atoms with E-state index >= 15 is 0 Å². The van der Waals surface area contributed by atoms with E-state index in [-0.39, 0.29) is 60.3 Å². The van der Waals surface area contributed by atoms with Crippen molar-refractivity contribution in [3.05, 3.63) is 71.8 Å². The van der Waals surface area contributed by atoms with Crippen LogP contribution in [0.25, 0.3) is 22.3 Å². The molecule has 0 bridgehead atoms. The van der Waals surface area contributed by atoms with Gasteiger partial charge in [0, 0.05) is 55.9 Å². The Morgan fingerprint density at radius 1 is 1.00 bits per heavy atom. The monoisotopic (exact) mass is 518 g/mol. The maximum Gasteiger partial charge on any atom is 0.413 e. The number of fused-ring (bicyclic) bond motifs is 1. The van der Waals surface area contributed by atoms with Crippen LogP contribution in [0.5, 0.6) is 5.88 Å². The zero-order valence-corrected chi connectivity index (χ0v) is 20.3. The molecule has 5 rings (SSSR count). The molecule has 2 aromatic carbocycles. The quantitative estimate of drug-likeness (QED) is 0.274. The van der Waals surface area contributed by atoms with Crippen molar-refractivity contribution in [1.82, 2.24) is 30.1 Å². The Hall–Kier alpha value is -5.00. The van der Waals surface area contributed by atoms with E-state index < -0.39 is 23.6 Å². The molecule has 0 radical (unpaired) electrons. The van der Waals surface area contributed by atoms with Gasteiger partial charge in [0.1, 0.15) is 11.6 Å². The standard InChI is InChI=1S/C26H23FN6O5/c1-28-26(37)38-19-14-30-23(31-19)16-7-8-18(27)20-17(13-29-21(16)20)22(34)25(36)33-11-9-32(10-12-33)24(35)15-5-3-2-4-6-15/h2-8,13-14,29H,9-12H2,1H3,(H,28,37)(H,30,31). The maximum absolute atomic E-state index is 14.9. The molecule has 11 nitrogen and oxygen atoms in total. The fourth-order valence-electron chi connectivity index (χ4n) is 4.36. The highest BCUT2D eigenvalue weighted by molar-refractivity contribution is 6.45. The number of aromatic amines is 2. The van der Waals surface area contributed by atoms with E-state index in [9.17, 15) is 23.6 Å². The van der Waals surface area contributed by atoms with E-state index in [1.54, 1.807) is 29.2 Å². The zero-order chi connectivity index (χ0) is 26.8. The minimum Gasteiger partial charge on any atom is -0.392 e. The van der Waals surface area contributed by atoms with Crippen LogP contribution in [0.2, 0.25) is 0 Å². The van der Waals surface area contributed by atoms with Crippen LogP contribution in [0, 0.1) is 5.82 Å². The fourth-order valence-corrected chi connectivity index (χ4v) is 4.36. The maximum atomic E-state index is 14.9. The number of ketones is 1. The number of halogens is 1. The molecule has 3 N–H and O–H groups in total. The number of Topliss-reactive ketones (excluding diaryl/α,β-unsaturated/α-hetero) is 1. The molecule has 38 heavy (non-hydrogen) atoms. The summed E-state index contributed by atoms with van der Waals surface area (Å²) in [7, 11) is 1.41. The van der Waals surface area contributed by atoms with Crippen LogP contribution in [-0.2, 0) is 4.79 Å². The summed E-state index contributed by atoms with van der Waals surface area (Å²) in [6, 6.07) is 11.5. The van der Waals surface area contributed by atoms with Gasteiger partial charge in [-0.15, -0.1) is 0 Å². The van der Waals surface area contributed by atoms with Gasteiger partial charge in [0.2, 0.25) is 5.88 Å². The molecule has 4 aromatic rings. The van der Waals surface area contributed by atoms with E-state index in [0.29, 0.717) is 11.1 Å². The van der Waals surface area contributed by atoms with Gasteiger partial charge in [-0.25, -0.2) is 14.2 Å². The van der Waals surface area contributed by atoms with Gasteiger partial charge in [0.05, 0.1) is 17.3 Å². The van der Waals surface area contributed by atoms with Crippen molar-refractivity contribution in [2.75, 3.05) is 33.2 Å². The van der Waals surface area contributed by atoms with Gasteiger partial charge in [-0.1, -0.05) is 18.2 Å². The molecular formula is C26H23FN6O5. The van der Waals surface area contributed by atoms with Crippen LogP contribution in [0.15, 0.2) is 54.9 Å². The predicted octanol–water partition coefficient (Wildman–Crippen LogP) is 2.58. The van der Waals surface area contributed by atoms with E-state index in [1.807, 2.05) is 6.07 Å². The van der Waals surface area contributed by atoms with Crippen LogP contribution in [0.1, 0.15) is 20.7 Å². The molecule has 2 aromatic heterocycles. The third kappa shape index (κ3) is 4.59. The van der Waals surface area contributed by atoms with E-state index in [4.69, 9.17) is 4.74 Å². The number of nitrogens with zero attached hydrogens (tertiary/aromatic N) is 3. The summed E-state index contributed by atoms with van der Waals surface area (Å²) in [5.74, 6) is -2.13. The molecule has 1 aliphatic heterocycles. The first-order valence-electron chi connectivity index (χ1n) is 11.8. The third-order valence-corrected chi connectivity index (χ3v) is 6.31. The average molecular weight is 519 g/mol. The number of amides is 3. The Kier molecular flexibility index (Phi) is 6.60. The highest BCUT2D eigenvalue weighted by Crippen LogP contribution is 2.31. The Morgan fingerprint density at radius 2 is 1.71 bits per heavy atom. The van der Waals surface area contributed by atoms with Gasteiger partial charge >= 0.3 is 6.09 Å². The Labute approximate surface area is 215 Å². The fraction of sp³-hybridized carbons (Fsp3) is 0.192. The number of carbonyl (C=O) groups excluding carboxylic acids is 4. The predicted molar refractivity (Wildman–Crippen MR) is 134 cm³/mol. The molecule has 0 unspecified atom stereocenters. The van der Waals surface area contributed by atoms with Crippen molar-refractivity contribution in [2.24, 2.45) is 0 Å². The van der Waals surface area contributed by atoms with Crippen molar-refractivity contribution in [3.63, 3.8) is 0 Å². The lowest BCUT2D eigenvalue weighted by atomic mass is 10.0. The Balaban J connectivity index is 1.33. The summed E-state index contributed by atoms with van der Waals surface area (Å²) < 4.78 is 19.9. The largest absolute Gasteiger partial charge is 0.413 e. The number of ether oxygens (including phenoxy) is 1. The number of nitrogens with one attached hydrogen (secondary N) is 3. The van der Waals surface area contributed by atoms with Crippen LogP contribution in [0.4, 0.5) is 9.18 Å². The number of piperazine rings is 1. The topological polar surface area (TPSA) is 140 Å². The minimum atomic E-state index is -0.863. The van der Waals surface area contributed by atoms with Crippen molar-refractivity contribution in [3.8, 4) is 17.3 Å². The molecule has 1 fully saturated rings. The van der Waals surface area contributed by atoms with Crippen molar-refractivity contribution >= 4 is 34.6 Å². The Morgan fingerprint density at radius 3 is 2.42 bits per heavy atom. The average Bonchev–Trinajstić information content (AvgIpc) is 3.61. The molecule has 0 atom stereocenters. The summed E-state index contributed by atoms with van der Waals surface area (Å²) in [6.45, 7) is 0.912. The number of imidazole rings is 1. The van der Waals surface area contributed by atoms with Crippen LogP contribution >= 0.6 is 0 Å². The first-order valence-corrected chi connectivity index (χ1v) is 11.8. The van der Waals surface area contributed by atoms with Gasteiger partial charge in [-0.3, -0.25) is 14.4 Å².